The van der Waals surface area contributed by atoms with Crippen LogP contribution in [0.1, 0.15) is 11.6 Å². The summed E-state index contributed by atoms with van der Waals surface area (Å²) in [6.45, 7) is 0. The molecular formula is C10H11N3O4S. The van der Waals surface area contributed by atoms with Gasteiger partial charge in [-0.2, -0.15) is 0 Å². The Kier molecular flexibility index (Phi) is 2.95. The summed E-state index contributed by atoms with van der Waals surface area (Å²) in [7, 11) is -3.33. The molecule has 1 aromatic carbocycles. The lowest BCUT2D eigenvalue weighted by Gasteiger charge is -2.09. The van der Waals surface area contributed by atoms with Crippen LogP contribution in [0, 0.1) is 0 Å². The predicted octanol–water partition coefficient (Wildman–Crippen LogP) is -0.0614. The van der Waals surface area contributed by atoms with Crippen molar-refractivity contribution in [2.75, 3.05) is 11.0 Å². The van der Waals surface area contributed by atoms with E-state index in [2.05, 4.69) is 15.4 Å². The molecule has 1 fully saturated rings. The summed E-state index contributed by atoms with van der Waals surface area (Å²) in [5.41, 5.74) is 0.975. The highest BCUT2D eigenvalue weighted by molar-refractivity contribution is 7.92. The highest BCUT2D eigenvalue weighted by Crippen LogP contribution is 2.19. The van der Waals surface area contributed by atoms with Gasteiger partial charge in [0, 0.05) is 5.69 Å². The quantitative estimate of drug-likeness (QED) is 0.668. The van der Waals surface area contributed by atoms with Crippen LogP contribution in [-0.4, -0.2) is 26.6 Å². The molecule has 18 heavy (non-hydrogen) atoms. The molecule has 3 amide bonds. The molecule has 1 aromatic rings. The Labute approximate surface area is 104 Å². The van der Waals surface area contributed by atoms with Crippen LogP contribution in [0.5, 0.6) is 0 Å². The van der Waals surface area contributed by atoms with E-state index < -0.39 is 28.0 Å². The third-order valence-corrected chi connectivity index (χ3v) is 2.93. The minimum absolute atomic E-state index is 0.394. The van der Waals surface area contributed by atoms with Gasteiger partial charge in [0.15, 0.2) is 0 Å². The smallest absolute Gasteiger partial charge is 0.322 e. The lowest BCUT2D eigenvalue weighted by Crippen LogP contribution is -2.22. The molecule has 0 saturated carbocycles. The second kappa shape index (κ2) is 4.30. The zero-order valence-electron chi connectivity index (χ0n) is 9.43. The van der Waals surface area contributed by atoms with Crippen LogP contribution < -0.4 is 15.4 Å². The molecule has 7 nitrogen and oxygen atoms in total. The second-order valence-electron chi connectivity index (χ2n) is 3.89. The van der Waals surface area contributed by atoms with Crippen molar-refractivity contribution in [3.8, 4) is 0 Å². The third-order valence-electron chi connectivity index (χ3n) is 2.32. The number of urea groups is 1. The summed E-state index contributed by atoms with van der Waals surface area (Å²) in [6, 6.07) is 4.92. The Morgan fingerprint density at radius 2 is 1.78 bits per heavy atom. The van der Waals surface area contributed by atoms with Gasteiger partial charge in [0.2, 0.25) is 10.0 Å². The molecule has 96 valence electrons. The number of carbonyl (C=O) groups is 2. The minimum Gasteiger partial charge on any atom is -0.322 e. The molecular weight excluding hydrogens is 258 g/mol. The molecule has 1 aliphatic heterocycles. The molecule has 1 unspecified atom stereocenters. The lowest BCUT2D eigenvalue weighted by molar-refractivity contribution is -0.120. The monoisotopic (exact) mass is 269 g/mol. The normalized spacial score (nSPS) is 19.3. The lowest BCUT2D eigenvalue weighted by atomic mass is 10.1. The topological polar surface area (TPSA) is 104 Å². The first-order valence-electron chi connectivity index (χ1n) is 5.04. The zero-order chi connectivity index (χ0) is 13.3. The molecule has 1 saturated heterocycles. The van der Waals surface area contributed by atoms with Crippen LogP contribution >= 0.6 is 0 Å². The SMILES string of the molecule is CS(=O)(=O)Nc1ccc(C2NC(=O)NC2=O)cc1. The number of benzene rings is 1. The van der Waals surface area contributed by atoms with Crippen molar-refractivity contribution in [3.05, 3.63) is 29.8 Å². The summed E-state index contributed by atoms with van der Waals surface area (Å²) in [5.74, 6) is -0.427. The van der Waals surface area contributed by atoms with Crippen molar-refractivity contribution >= 4 is 27.6 Å². The van der Waals surface area contributed by atoms with E-state index in [-0.39, 0.29) is 0 Å². The largest absolute Gasteiger partial charge is 0.322 e. The van der Waals surface area contributed by atoms with Gasteiger partial charge in [-0.25, -0.2) is 13.2 Å². The predicted molar refractivity (Wildman–Crippen MR) is 64.3 cm³/mol. The summed E-state index contributed by atoms with van der Waals surface area (Å²) in [6.07, 6.45) is 1.05. The molecule has 0 aliphatic carbocycles. The van der Waals surface area contributed by atoms with Gasteiger partial charge in [0.25, 0.3) is 5.91 Å². The zero-order valence-corrected chi connectivity index (χ0v) is 10.2. The van der Waals surface area contributed by atoms with E-state index in [0.717, 1.165) is 6.26 Å². The molecule has 3 N–H and O–H groups in total. The number of anilines is 1. The van der Waals surface area contributed by atoms with Crippen LogP contribution in [0.4, 0.5) is 10.5 Å². The fourth-order valence-corrected chi connectivity index (χ4v) is 2.17. The number of rotatable bonds is 3. The fraction of sp³-hybridized carbons (Fsp3) is 0.200. The molecule has 8 heteroatoms. The van der Waals surface area contributed by atoms with Gasteiger partial charge in [0.05, 0.1) is 6.26 Å². The first-order chi connectivity index (χ1) is 8.35. The van der Waals surface area contributed by atoms with E-state index in [0.29, 0.717) is 11.3 Å². The maximum Gasteiger partial charge on any atom is 0.322 e. The Morgan fingerprint density at radius 1 is 1.17 bits per heavy atom. The Hall–Kier alpha value is -2.09. The second-order valence-corrected chi connectivity index (χ2v) is 5.64. The number of imide groups is 1. The molecule has 0 spiro atoms. The highest BCUT2D eigenvalue weighted by Gasteiger charge is 2.30. The number of sulfonamides is 1. The molecule has 2 rings (SSSR count). The summed E-state index contributed by atoms with van der Waals surface area (Å²) >= 11 is 0. The van der Waals surface area contributed by atoms with E-state index in [1.807, 2.05) is 0 Å². The van der Waals surface area contributed by atoms with Crippen LogP contribution in [0.15, 0.2) is 24.3 Å². The van der Waals surface area contributed by atoms with Crippen molar-refractivity contribution in [3.63, 3.8) is 0 Å². The standard InChI is InChI=1S/C10H11N3O4S/c1-18(16,17)13-7-4-2-6(3-5-7)8-9(14)12-10(15)11-8/h2-5,8,13H,1H3,(H2,11,12,14,15). The average Bonchev–Trinajstić information content (AvgIpc) is 2.57. The van der Waals surface area contributed by atoms with Gasteiger partial charge < -0.3 is 5.32 Å². The van der Waals surface area contributed by atoms with Gasteiger partial charge in [-0.1, -0.05) is 12.1 Å². The maximum atomic E-state index is 11.4. The van der Waals surface area contributed by atoms with Gasteiger partial charge in [-0.3, -0.25) is 14.8 Å². The van der Waals surface area contributed by atoms with E-state index in [1.165, 1.54) is 12.1 Å². The number of hydrogen-bond donors (Lipinski definition) is 3. The number of nitrogens with one attached hydrogen (secondary N) is 3. The number of hydrogen-bond acceptors (Lipinski definition) is 4. The molecule has 1 atom stereocenters. The van der Waals surface area contributed by atoms with Crippen molar-refractivity contribution in [1.29, 1.82) is 0 Å². The van der Waals surface area contributed by atoms with Crippen LogP contribution in [0.3, 0.4) is 0 Å². The molecule has 1 heterocycles. The molecule has 0 aromatic heterocycles. The van der Waals surface area contributed by atoms with Crippen LogP contribution in [-0.2, 0) is 14.8 Å². The van der Waals surface area contributed by atoms with Gasteiger partial charge >= 0.3 is 6.03 Å². The third kappa shape index (κ3) is 2.77. The van der Waals surface area contributed by atoms with Crippen molar-refractivity contribution in [2.24, 2.45) is 0 Å². The van der Waals surface area contributed by atoms with Gasteiger partial charge in [0.1, 0.15) is 6.04 Å². The molecule has 0 radical (unpaired) electrons. The molecule has 1 aliphatic rings. The minimum atomic E-state index is -3.33. The van der Waals surface area contributed by atoms with E-state index in [1.54, 1.807) is 12.1 Å². The van der Waals surface area contributed by atoms with Crippen LogP contribution in [0.2, 0.25) is 0 Å². The van der Waals surface area contributed by atoms with Gasteiger partial charge in [-0.15, -0.1) is 0 Å². The van der Waals surface area contributed by atoms with Crippen LogP contribution in [0.25, 0.3) is 0 Å². The highest BCUT2D eigenvalue weighted by atomic mass is 32.2. The summed E-state index contributed by atoms with van der Waals surface area (Å²) in [5, 5.41) is 4.57. The molecule has 0 bridgehead atoms. The Balaban J connectivity index is 2.18. The Morgan fingerprint density at radius 3 is 2.22 bits per heavy atom. The Bertz CT molecular complexity index is 594. The summed E-state index contributed by atoms with van der Waals surface area (Å²) in [4.78, 5) is 22.3. The van der Waals surface area contributed by atoms with E-state index in [9.17, 15) is 18.0 Å². The number of carbonyl (C=O) groups excluding carboxylic acids is 2. The van der Waals surface area contributed by atoms with Gasteiger partial charge in [-0.05, 0) is 17.7 Å². The van der Waals surface area contributed by atoms with Crippen molar-refractivity contribution < 1.29 is 18.0 Å². The first kappa shape index (κ1) is 12.4. The van der Waals surface area contributed by atoms with Crippen molar-refractivity contribution in [2.45, 2.75) is 6.04 Å². The van der Waals surface area contributed by atoms with E-state index in [4.69, 9.17) is 0 Å². The first-order valence-corrected chi connectivity index (χ1v) is 6.93. The maximum absolute atomic E-state index is 11.4. The van der Waals surface area contributed by atoms with E-state index >= 15 is 0 Å². The fourth-order valence-electron chi connectivity index (χ4n) is 1.61. The number of amides is 3. The summed E-state index contributed by atoms with van der Waals surface area (Å²) < 4.78 is 24.3. The average molecular weight is 269 g/mol. The van der Waals surface area contributed by atoms with Crippen molar-refractivity contribution in [1.82, 2.24) is 10.6 Å².